The number of amides is 1. The molecule has 0 spiro atoms. The molecule has 1 N–H and O–H groups in total. The van der Waals surface area contributed by atoms with Gasteiger partial charge in [0.15, 0.2) is 0 Å². The highest BCUT2D eigenvalue weighted by molar-refractivity contribution is 5.83. The summed E-state index contributed by atoms with van der Waals surface area (Å²) in [6.07, 6.45) is 4.17. The lowest BCUT2D eigenvalue weighted by Gasteiger charge is -2.40. The Balaban J connectivity index is 1.26. The Morgan fingerprint density at radius 1 is 1.16 bits per heavy atom. The Kier molecular flexibility index (Phi) is 4.28. The summed E-state index contributed by atoms with van der Waals surface area (Å²) in [5, 5.41) is 3.21. The lowest BCUT2D eigenvalue weighted by atomic mass is 10.1. The van der Waals surface area contributed by atoms with Gasteiger partial charge in [-0.1, -0.05) is 0 Å². The van der Waals surface area contributed by atoms with Crippen LogP contribution in [0.1, 0.15) is 6.42 Å². The lowest BCUT2D eigenvalue weighted by Crippen LogP contribution is -2.61. The molecule has 4 rings (SSSR count). The van der Waals surface area contributed by atoms with Crippen molar-refractivity contribution in [2.75, 3.05) is 50.7 Å². The number of carbonyl (C=O) groups is 1. The lowest BCUT2D eigenvalue weighted by molar-refractivity contribution is -0.167. The zero-order valence-electron chi connectivity index (χ0n) is 13.9. The number of hydrogen-bond acceptors (Lipinski definition) is 6. The normalized spacial score (nSPS) is 29.5. The maximum Gasteiger partial charge on any atom is 0.282 e. The van der Waals surface area contributed by atoms with Crippen LogP contribution in [0.4, 0.5) is 14.7 Å². The van der Waals surface area contributed by atoms with E-state index in [0.29, 0.717) is 6.42 Å². The molecule has 1 aromatic rings. The molecular formula is C16H22F2N6O. The van der Waals surface area contributed by atoms with Gasteiger partial charge in [0.2, 0.25) is 11.9 Å². The fraction of sp³-hybridized carbons (Fsp3) is 0.688. The molecule has 9 heteroatoms. The molecular weight excluding hydrogens is 330 g/mol. The first-order chi connectivity index (χ1) is 12.0. The summed E-state index contributed by atoms with van der Waals surface area (Å²) >= 11 is 0. The Morgan fingerprint density at radius 3 is 2.48 bits per heavy atom. The molecule has 0 unspecified atom stereocenters. The molecule has 0 radical (unpaired) electrons. The van der Waals surface area contributed by atoms with Crippen LogP contribution in [-0.2, 0) is 4.79 Å². The predicted octanol–water partition coefficient (Wildman–Crippen LogP) is -0.193. The molecule has 4 heterocycles. The van der Waals surface area contributed by atoms with E-state index in [0.717, 1.165) is 38.7 Å². The van der Waals surface area contributed by atoms with E-state index in [1.807, 2.05) is 0 Å². The van der Waals surface area contributed by atoms with Gasteiger partial charge in [0.05, 0.1) is 19.1 Å². The molecule has 3 fully saturated rings. The van der Waals surface area contributed by atoms with Crippen LogP contribution in [0.2, 0.25) is 0 Å². The van der Waals surface area contributed by atoms with Gasteiger partial charge in [0, 0.05) is 51.2 Å². The largest absolute Gasteiger partial charge is 0.338 e. The number of piperazine rings is 1. The number of rotatable bonds is 3. The third-order valence-electron chi connectivity index (χ3n) is 5.23. The number of likely N-dealkylation sites (tertiary alicyclic amines) is 1. The minimum Gasteiger partial charge on any atom is -0.338 e. The van der Waals surface area contributed by atoms with Crippen molar-refractivity contribution in [3.8, 4) is 0 Å². The number of nitrogens with zero attached hydrogens (tertiary/aromatic N) is 5. The van der Waals surface area contributed by atoms with Gasteiger partial charge >= 0.3 is 0 Å². The van der Waals surface area contributed by atoms with Crippen molar-refractivity contribution in [3.05, 3.63) is 18.5 Å². The van der Waals surface area contributed by atoms with Gasteiger partial charge in [0.25, 0.3) is 5.92 Å². The van der Waals surface area contributed by atoms with Gasteiger partial charge in [-0.3, -0.25) is 9.69 Å². The van der Waals surface area contributed by atoms with Crippen molar-refractivity contribution >= 4 is 11.9 Å². The van der Waals surface area contributed by atoms with Gasteiger partial charge < -0.3 is 15.1 Å². The molecule has 1 aromatic heterocycles. The number of anilines is 1. The Labute approximate surface area is 145 Å². The van der Waals surface area contributed by atoms with E-state index in [1.165, 1.54) is 4.90 Å². The van der Waals surface area contributed by atoms with Crippen LogP contribution in [0, 0.1) is 0 Å². The Morgan fingerprint density at radius 2 is 1.84 bits per heavy atom. The third kappa shape index (κ3) is 3.43. The molecule has 3 aliphatic heterocycles. The van der Waals surface area contributed by atoms with Crippen molar-refractivity contribution in [2.24, 2.45) is 0 Å². The van der Waals surface area contributed by atoms with Crippen LogP contribution in [-0.4, -0.2) is 89.5 Å². The van der Waals surface area contributed by atoms with Crippen molar-refractivity contribution in [1.82, 2.24) is 25.1 Å². The topological polar surface area (TPSA) is 64.6 Å². The molecule has 2 atom stereocenters. The third-order valence-corrected chi connectivity index (χ3v) is 5.23. The van der Waals surface area contributed by atoms with Crippen LogP contribution in [0.5, 0.6) is 0 Å². The van der Waals surface area contributed by atoms with Crippen LogP contribution in [0.25, 0.3) is 0 Å². The smallest absolute Gasteiger partial charge is 0.282 e. The molecule has 0 aromatic carbocycles. The Bertz CT molecular complexity index is 614. The summed E-state index contributed by atoms with van der Waals surface area (Å²) in [6, 6.07) is 1.74. The standard InChI is InChI=1S/C16H22F2N6O/c17-16(18)10-24(11-16)14(25)13-8-12(9-21-13)22-4-6-23(7-5-22)15-19-2-1-3-20-15/h1-3,12-13,21H,4-11H2/t12-,13-/m0/s1. The van der Waals surface area contributed by atoms with Crippen molar-refractivity contribution in [1.29, 1.82) is 0 Å². The molecule has 1 amide bonds. The number of aromatic nitrogens is 2. The number of nitrogens with one attached hydrogen (secondary N) is 1. The SMILES string of the molecule is O=C([C@@H]1C[C@H](N2CCN(c3ncccn3)CC2)CN1)N1CC(F)(F)C1. The first kappa shape index (κ1) is 16.6. The van der Waals surface area contributed by atoms with E-state index in [1.54, 1.807) is 18.5 Å². The van der Waals surface area contributed by atoms with E-state index < -0.39 is 19.0 Å². The van der Waals surface area contributed by atoms with Gasteiger partial charge in [0.1, 0.15) is 0 Å². The highest BCUT2D eigenvalue weighted by atomic mass is 19.3. The molecule has 0 aliphatic carbocycles. The zero-order valence-corrected chi connectivity index (χ0v) is 13.9. The first-order valence-corrected chi connectivity index (χ1v) is 8.68. The first-order valence-electron chi connectivity index (χ1n) is 8.68. The number of carbonyl (C=O) groups excluding carboxylic acids is 1. The van der Waals surface area contributed by atoms with Crippen molar-refractivity contribution in [3.63, 3.8) is 0 Å². The average Bonchev–Trinajstić information content (AvgIpc) is 3.10. The van der Waals surface area contributed by atoms with Gasteiger partial charge in [-0.15, -0.1) is 0 Å². The number of halogens is 2. The van der Waals surface area contributed by atoms with Crippen LogP contribution < -0.4 is 10.2 Å². The average molecular weight is 352 g/mol. The monoisotopic (exact) mass is 352 g/mol. The summed E-state index contributed by atoms with van der Waals surface area (Å²) < 4.78 is 25.9. The summed E-state index contributed by atoms with van der Waals surface area (Å²) in [7, 11) is 0. The summed E-state index contributed by atoms with van der Waals surface area (Å²) in [4.78, 5) is 26.6. The van der Waals surface area contributed by atoms with E-state index in [2.05, 4.69) is 25.1 Å². The second-order valence-corrected chi connectivity index (χ2v) is 6.97. The van der Waals surface area contributed by atoms with Crippen molar-refractivity contribution < 1.29 is 13.6 Å². The fourth-order valence-corrected chi connectivity index (χ4v) is 3.81. The maximum absolute atomic E-state index is 12.9. The van der Waals surface area contributed by atoms with Gasteiger partial charge in [-0.2, -0.15) is 0 Å². The van der Waals surface area contributed by atoms with Gasteiger partial charge in [-0.25, -0.2) is 18.7 Å². The van der Waals surface area contributed by atoms with E-state index in [9.17, 15) is 13.6 Å². The van der Waals surface area contributed by atoms with E-state index in [-0.39, 0.29) is 18.0 Å². The summed E-state index contributed by atoms with van der Waals surface area (Å²) in [5.74, 6) is -2.15. The highest BCUT2D eigenvalue weighted by Gasteiger charge is 2.48. The molecule has 3 aliphatic rings. The van der Waals surface area contributed by atoms with Crippen LogP contribution in [0.15, 0.2) is 18.5 Å². The maximum atomic E-state index is 12.9. The fourth-order valence-electron chi connectivity index (χ4n) is 3.81. The molecule has 0 saturated carbocycles. The predicted molar refractivity (Wildman–Crippen MR) is 87.5 cm³/mol. The molecule has 136 valence electrons. The zero-order chi connectivity index (χ0) is 17.4. The van der Waals surface area contributed by atoms with E-state index >= 15 is 0 Å². The number of hydrogen-bond donors (Lipinski definition) is 1. The summed E-state index contributed by atoms with van der Waals surface area (Å²) in [5.41, 5.74) is 0. The van der Waals surface area contributed by atoms with Crippen molar-refractivity contribution in [2.45, 2.75) is 24.4 Å². The minimum absolute atomic E-state index is 0.190. The minimum atomic E-state index is -2.70. The second-order valence-electron chi connectivity index (χ2n) is 6.97. The summed E-state index contributed by atoms with van der Waals surface area (Å²) in [6.45, 7) is 3.30. The van der Waals surface area contributed by atoms with Crippen LogP contribution >= 0.6 is 0 Å². The second kappa shape index (κ2) is 6.45. The molecule has 7 nitrogen and oxygen atoms in total. The van der Waals surface area contributed by atoms with Crippen LogP contribution in [0.3, 0.4) is 0 Å². The quantitative estimate of drug-likeness (QED) is 0.813. The molecule has 3 saturated heterocycles. The van der Waals surface area contributed by atoms with Gasteiger partial charge in [-0.05, 0) is 12.5 Å². The highest BCUT2D eigenvalue weighted by Crippen LogP contribution is 2.28. The Hall–Kier alpha value is -1.87. The van der Waals surface area contributed by atoms with E-state index in [4.69, 9.17) is 0 Å². The molecule has 0 bridgehead atoms. The number of alkyl halides is 2. The molecule has 25 heavy (non-hydrogen) atoms.